The number of hydrogen-bond acceptors (Lipinski definition) is 4. The highest BCUT2D eigenvalue weighted by molar-refractivity contribution is 5.67. The molecule has 0 aliphatic heterocycles. The number of carbonyl (C=O) groups excluding carboxylic acids is 1. The number of amides is 1. The number of carbonyl (C=O) groups is 1. The third-order valence-electron chi connectivity index (χ3n) is 3.33. The molecule has 1 amide bonds. The number of rotatable bonds is 5. The van der Waals surface area contributed by atoms with E-state index in [0.717, 1.165) is 5.56 Å². The van der Waals surface area contributed by atoms with Gasteiger partial charge in [0.1, 0.15) is 22.9 Å². The van der Waals surface area contributed by atoms with Crippen molar-refractivity contribution in [3.8, 4) is 11.3 Å². The second-order valence-electron chi connectivity index (χ2n) is 6.52. The van der Waals surface area contributed by atoms with Gasteiger partial charge < -0.3 is 20.2 Å². The average molecular weight is 334 g/mol. The fraction of sp³-hybridized carbons (Fsp3) is 0.389. The first-order valence-corrected chi connectivity index (χ1v) is 7.81. The number of furan rings is 1. The topological polar surface area (TPSA) is 77.5 Å². The molecule has 1 unspecified atom stereocenters. The summed E-state index contributed by atoms with van der Waals surface area (Å²) in [5.41, 5.74) is 6.01. The molecule has 5 nitrogen and oxygen atoms in total. The molecule has 0 saturated carbocycles. The minimum Gasteiger partial charge on any atom is -0.461 e. The fourth-order valence-electron chi connectivity index (χ4n) is 2.16. The van der Waals surface area contributed by atoms with Crippen molar-refractivity contribution in [3.05, 3.63) is 48.0 Å². The second kappa shape index (κ2) is 7.49. The van der Waals surface area contributed by atoms with E-state index in [2.05, 4.69) is 5.32 Å². The van der Waals surface area contributed by atoms with Gasteiger partial charge in [0.2, 0.25) is 0 Å². The average Bonchev–Trinajstić information content (AvgIpc) is 2.96. The van der Waals surface area contributed by atoms with Crippen LogP contribution in [-0.4, -0.2) is 24.8 Å². The van der Waals surface area contributed by atoms with Crippen molar-refractivity contribution in [1.82, 2.24) is 5.32 Å². The number of benzene rings is 1. The molecule has 2 aromatic rings. The maximum atomic E-state index is 13.0. The summed E-state index contributed by atoms with van der Waals surface area (Å²) >= 11 is 0. The molecular weight excluding hydrogens is 311 g/mol. The Labute approximate surface area is 141 Å². The molecule has 130 valence electrons. The van der Waals surface area contributed by atoms with Crippen LogP contribution in [0.3, 0.4) is 0 Å². The van der Waals surface area contributed by atoms with E-state index in [0.29, 0.717) is 24.6 Å². The molecule has 1 atom stereocenters. The van der Waals surface area contributed by atoms with Gasteiger partial charge >= 0.3 is 6.09 Å². The number of nitrogens with two attached hydrogens (primary N) is 1. The van der Waals surface area contributed by atoms with Gasteiger partial charge in [-0.2, -0.15) is 0 Å². The fourth-order valence-corrected chi connectivity index (χ4v) is 2.16. The Hall–Kier alpha value is -2.34. The van der Waals surface area contributed by atoms with Crippen molar-refractivity contribution in [2.75, 3.05) is 13.1 Å². The molecule has 1 aromatic heterocycles. The highest BCUT2D eigenvalue weighted by Crippen LogP contribution is 2.26. The third-order valence-corrected chi connectivity index (χ3v) is 3.33. The van der Waals surface area contributed by atoms with Crippen molar-refractivity contribution >= 4 is 6.09 Å². The van der Waals surface area contributed by atoms with Gasteiger partial charge in [-0.15, -0.1) is 0 Å². The van der Waals surface area contributed by atoms with Crippen LogP contribution < -0.4 is 11.1 Å². The maximum absolute atomic E-state index is 13.0. The van der Waals surface area contributed by atoms with Crippen molar-refractivity contribution in [3.63, 3.8) is 0 Å². The van der Waals surface area contributed by atoms with Gasteiger partial charge in [0, 0.05) is 24.6 Å². The second-order valence-corrected chi connectivity index (χ2v) is 6.52. The standard InChI is InChI=1S/C18H23FN2O3/c1-18(2,3)24-17(22)21-11-13(10-20)16-9-8-15(23-16)12-4-6-14(19)7-5-12/h4-9,13H,10-11,20H2,1-3H3,(H,21,22). The molecule has 1 heterocycles. The van der Waals surface area contributed by atoms with Gasteiger partial charge in [-0.25, -0.2) is 9.18 Å². The lowest BCUT2D eigenvalue weighted by molar-refractivity contribution is 0.0524. The summed E-state index contributed by atoms with van der Waals surface area (Å²) in [7, 11) is 0. The molecule has 2 rings (SSSR count). The zero-order chi connectivity index (χ0) is 17.7. The number of ether oxygens (including phenoxy) is 1. The van der Waals surface area contributed by atoms with Gasteiger partial charge in [0.15, 0.2) is 0 Å². The lowest BCUT2D eigenvalue weighted by atomic mass is 10.1. The van der Waals surface area contributed by atoms with E-state index in [1.54, 1.807) is 39.0 Å². The monoisotopic (exact) mass is 334 g/mol. The van der Waals surface area contributed by atoms with E-state index < -0.39 is 11.7 Å². The first-order chi connectivity index (χ1) is 11.3. The number of nitrogens with one attached hydrogen (secondary N) is 1. The quantitative estimate of drug-likeness (QED) is 0.875. The first-order valence-electron chi connectivity index (χ1n) is 7.81. The van der Waals surface area contributed by atoms with Gasteiger partial charge in [0.05, 0.1) is 0 Å². The summed E-state index contributed by atoms with van der Waals surface area (Å²) < 4.78 is 24.0. The Kier molecular flexibility index (Phi) is 5.62. The lowest BCUT2D eigenvalue weighted by Gasteiger charge is -2.21. The van der Waals surface area contributed by atoms with Gasteiger partial charge in [-0.05, 0) is 57.2 Å². The van der Waals surface area contributed by atoms with Crippen LogP contribution in [0.2, 0.25) is 0 Å². The number of halogens is 1. The van der Waals surface area contributed by atoms with Crippen LogP contribution >= 0.6 is 0 Å². The van der Waals surface area contributed by atoms with Gasteiger partial charge in [0.25, 0.3) is 0 Å². The molecule has 0 bridgehead atoms. The third kappa shape index (κ3) is 5.09. The molecule has 24 heavy (non-hydrogen) atoms. The van der Waals surface area contributed by atoms with Crippen LogP contribution in [0.4, 0.5) is 9.18 Å². The Morgan fingerprint density at radius 2 is 1.92 bits per heavy atom. The van der Waals surface area contributed by atoms with E-state index in [-0.39, 0.29) is 11.7 Å². The highest BCUT2D eigenvalue weighted by Gasteiger charge is 2.19. The van der Waals surface area contributed by atoms with Crippen LogP contribution in [0.25, 0.3) is 11.3 Å². The van der Waals surface area contributed by atoms with E-state index in [1.807, 2.05) is 6.07 Å². The maximum Gasteiger partial charge on any atom is 0.407 e. The highest BCUT2D eigenvalue weighted by atomic mass is 19.1. The molecule has 0 radical (unpaired) electrons. The number of alkyl carbamates (subject to hydrolysis) is 1. The molecular formula is C18H23FN2O3. The number of hydrogen-bond donors (Lipinski definition) is 2. The van der Waals surface area contributed by atoms with E-state index in [4.69, 9.17) is 14.9 Å². The Bertz CT molecular complexity index is 674. The molecule has 6 heteroatoms. The van der Waals surface area contributed by atoms with Crippen molar-refractivity contribution in [2.24, 2.45) is 5.73 Å². The van der Waals surface area contributed by atoms with E-state index in [1.165, 1.54) is 12.1 Å². The summed E-state index contributed by atoms with van der Waals surface area (Å²) in [6, 6.07) is 9.67. The van der Waals surface area contributed by atoms with Crippen LogP contribution in [0.5, 0.6) is 0 Å². The minimum atomic E-state index is -0.553. The summed E-state index contributed by atoms with van der Waals surface area (Å²) in [5.74, 6) is 0.812. The van der Waals surface area contributed by atoms with Crippen molar-refractivity contribution < 1.29 is 18.3 Å². The lowest BCUT2D eigenvalue weighted by Crippen LogP contribution is -2.36. The van der Waals surface area contributed by atoms with Crippen molar-refractivity contribution in [1.29, 1.82) is 0 Å². The van der Waals surface area contributed by atoms with Gasteiger partial charge in [-0.3, -0.25) is 0 Å². The summed E-state index contributed by atoms with van der Waals surface area (Å²) in [5, 5.41) is 2.69. The molecule has 0 saturated heterocycles. The molecule has 0 aliphatic carbocycles. The zero-order valence-corrected chi connectivity index (χ0v) is 14.1. The SMILES string of the molecule is CC(C)(C)OC(=O)NCC(CN)c1ccc(-c2ccc(F)cc2)o1. The summed E-state index contributed by atoms with van der Waals surface area (Å²) in [6.45, 7) is 6.02. The van der Waals surface area contributed by atoms with Crippen LogP contribution in [0.1, 0.15) is 32.4 Å². The minimum absolute atomic E-state index is 0.174. The summed E-state index contributed by atoms with van der Waals surface area (Å²) in [6.07, 6.45) is -0.494. The predicted octanol–water partition coefficient (Wildman–Crippen LogP) is 3.65. The van der Waals surface area contributed by atoms with E-state index >= 15 is 0 Å². The smallest absolute Gasteiger partial charge is 0.407 e. The predicted molar refractivity (Wildman–Crippen MR) is 90.1 cm³/mol. The Morgan fingerprint density at radius 1 is 1.25 bits per heavy atom. The van der Waals surface area contributed by atoms with Crippen LogP contribution in [0, 0.1) is 5.82 Å². The van der Waals surface area contributed by atoms with Gasteiger partial charge in [-0.1, -0.05) is 0 Å². The van der Waals surface area contributed by atoms with Crippen LogP contribution in [-0.2, 0) is 4.74 Å². The summed E-state index contributed by atoms with van der Waals surface area (Å²) in [4.78, 5) is 11.7. The normalized spacial score (nSPS) is 12.7. The van der Waals surface area contributed by atoms with E-state index in [9.17, 15) is 9.18 Å². The van der Waals surface area contributed by atoms with Crippen LogP contribution in [0.15, 0.2) is 40.8 Å². The Balaban J connectivity index is 2.01. The first kappa shape index (κ1) is 18.0. The Morgan fingerprint density at radius 3 is 2.50 bits per heavy atom. The largest absolute Gasteiger partial charge is 0.461 e. The molecule has 0 fully saturated rings. The molecule has 0 spiro atoms. The van der Waals surface area contributed by atoms with Crippen molar-refractivity contribution in [2.45, 2.75) is 32.3 Å². The molecule has 1 aromatic carbocycles. The zero-order valence-electron chi connectivity index (χ0n) is 14.1. The molecule has 3 N–H and O–H groups in total. The molecule has 0 aliphatic rings.